The summed E-state index contributed by atoms with van der Waals surface area (Å²) in [6, 6.07) is 8.08. The molecule has 1 aromatic carbocycles. The summed E-state index contributed by atoms with van der Waals surface area (Å²) in [6.07, 6.45) is 10.1. The number of nitrogens with zero attached hydrogens (tertiary/aromatic N) is 1. The van der Waals surface area contributed by atoms with Crippen LogP contribution in [0.1, 0.15) is 75.5 Å². The van der Waals surface area contributed by atoms with E-state index < -0.39 is 12.1 Å². The van der Waals surface area contributed by atoms with Crippen LogP contribution in [0, 0.1) is 0 Å². The third-order valence-electron chi connectivity index (χ3n) is 5.26. The van der Waals surface area contributed by atoms with E-state index >= 15 is 0 Å². The minimum Gasteiger partial charge on any atom is -0.481 e. The highest BCUT2D eigenvalue weighted by Crippen LogP contribution is 2.23. The number of amides is 1. The molecule has 28 heavy (non-hydrogen) atoms. The zero-order valence-electron chi connectivity index (χ0n) is 16.8. The molecule has 1 unspecified atom stereocenters. The number of aliphatic hydroxyl groups excluding tert-OH is 1. The molecule has 1 saturated heterocycles. The van der Waals surface area contributed by atoms with E-state index in [1.165, 1.54) is 5.56 Å². The molecule has 1 aliphatic rings. The zero-order chi connectivity index (χ0) is 20.4. The number of likely N-dealkylation sites (tertiary alicyclic amines) is 1. The van der Waals surface area contributed by atoms with Gasteiger partial charge in [-0.2, -0.15) is 0 Å². The fourth-order valence-electron chi connectivity index (χ4n) is 3.72. The van der Waals surface area contributed by atoms with Crippen LogP contribution in [0.25, 0.3) is 0 Å². The molecule has 1 heterocycles. The van der Waals surface area contributed by atoms with Crippen LogP contribution >= 0.6 is 0 Å². The molecule has 0 aromatic heterocycles. The number of aliphatic hydroxyl groups is 1. The van der Waals surface area contributed by atoms with Crippen molar-refractivity contribution in [2.24, 2.45) is 0 Å². The Morgan fingerprint density at radius 1 is 1.29 bits per heavy atom. The standard InChI is InChI=1S/C23H33NO4/c1-2-8-18-9-7-10-19(17-18)21(25)14-12-20-13-15-22(26)24(20)16-6-4-3-5-11-23(27)28/h7,9-10,12,14,17,20-21,25H,2-6,8,11,13,15-16H2,1H3,(H,27,28)/b14-12+/t20?,21-/m1/s1. The summed E-state index contributed by atoms with van der Waals surface area (Å²) in [6.45, 7) is 2.84. The van der Waals surface area contributed by atoms with Crippen molar-refractivity contribution in [3.8, 4) is 0 Å². The van der Waals surface area contributed by atoms with Crippen molar-refractivity contribution in [2.45, 2.75) is 76.9 Å². The number of hydrogen-bond acceptors (Lipinski definition) is 3. The fraction of sp³-hybridized carbons (Fsp3) is 0.565. The fourth-order valence-corrected chi connectivity index (χ4v) is 3.72. The number of carboxylic acid groups (broad SMARTS) is 1. The Morgan fingerprint density at radius 3 is 2.82 bits per heavy atom. The van der Waals surface area contributed by atoms with E-state index in [1.807, 2.05) is 29.2 Å². The largest absolute Gasteiger partial charge is 0.481 e. The highest BCUT2D eigenvalue weighted by molar-refractivity contribution is 5.79. The van der Waals surface area contributed by atoms with Gasteiger partial charge in [0.15, 0.2) is 0 Å². The van der Waals surface area contributed by atoms with Gasteiger partial charge in [0, 0.05) is 19.4 Å². The highest BCUT2D eigenvalue weighted by atomic mass is 16.4. The average Bonchev–Trinajstić information content (AvgIpc) is 3.02. The van der Waals surface area contributed by atoms with Gasteiger partial charge in [-0.15, -0.1) is 0 Å². The van der Waals surface area contributed by atoms with Gasteiger partial charge in [0.2, 0.25) is 5.91 Å². The lowest BCUT2D eigenvalue weighted by molar-refractivity contribution is -0.137. The van der Waals surface area contributed by atoms with E-state index in [0.29, 0.717) is 19.4 Å². The van der Waals surface area contributed by atoms with Gasteiger partial charge < -0.3 is 15.1 Å². The first kappa shape index (κ1) is 22.2. The third kappa shape index (κ3) is 7.12. The predicted molar refractivity (Wildman–Crippen MR) is 110 cm³/mol. The second-order valence-corrected chi connectivity index (χ2v) is 7.58. The molecule has 0 spiro atoms. The van der Waals surface area contributed by atoms with Gasteiger partial charge >= 0.3 is 5.97 Å². The van der Waals surface area contributed by atoms with Gasteiger partial charge in [-0.05, 0) is 36.8 Å². The lowest BCUT2D eigenvalue weighted by Gasteiger charge is -2.22. The summed E-state index contributed by atoms with van der Waals surface area (Å²) in [4.78, 5) is 24.6. The van der Waals surface area contributed by atoms with Gasteiger partial charge in [-0.3, -0.25) is 9.59 Å². The number of rotatable bonds is 12. The van der Waals surface area contributed by atoms with Crippen molar-refractivity contribution in [3.63, 3.8) is 0 Å². The molecule has 0 radical (unpaired) electrons. The number of benzene rings is 1. The number of aryl methyl sites for hydroxylation is 1. The molecule has 2 N–H and O–H groups in total. The molecule has 2 rings (SSSR count). The molecule has 0 aliphatic carbocycles. The van der Waals surface area contributed by atoms with Crippen LogP contribution in [0.3, 0.4) is 0 Å². The normalized spacial score (nSPS) is 18.1. The molecule has 1 aromatic rings. The molecule has 5 heteroatoms. The van der Waals surface area contributed by atoms with Crippen LogP contribution in [-0.4, -0.2) is 39.6 Å². The number of carbonyl (C=O) groups excluding carboxylic acids is 1. The Labute approximate surface area is 168 Å². The molecule has 154 valence electrons. The SMILES string of the molecule is CCCc1cccc([C@H](O)/C=C/C2CCC(=O)N2CCCCCCC(=O)O)c1. The molecule has 0 bridgehead atoms. The molecule has 1 aliphatic heterocycles. The summed E-state index contributed by atoms with van der Waals surface area (Å²) >= 11 is 0. The lowest BCUT2D eigenvalue weighted by Crippen LogP contribution is -2.32. The van der Waals surface area contributed by atoms with E-state index in [1.54, 1.807) is 6.08 Å². The third-order valence-corrected chi connectivity index (χ3v) is 5.26. The van der Waals surface area contributed by atoms with Crippen molar-refractivity contribution in [1.29, 1.82) is 0 Å². The Hall–Kier alpha value is -2.14. The van der Waals surface area contributed by atoms with Gasteiger partial charge in [-0.1, -0.05) is 62.6 Å². The van der Waals surface area contributed by atoms with Crippen molar-refractivity contribution in [3.05, 3.63) is 47.5 Å². The van der Waals surface area contributed by atoms with E-state index in [0.717, 1.165) is 44.1 Å². The number of hydrogen-bond donors (Lipinski definition) is 2. The highest BCUT2D eigenvalue weighted by Gasteiger charge is 2.28. The zero-order valence-corrected chi connectivity index (χ0v) is 16.8. The summed E-state index contributed by atoms with van der Waals surface area (Å²) < 4.78 is 0. The van der Waals surface area contributed by atoms with Gasteiger partial charge in [-0.25, -0.2) is 0 Å². The van der Waals surface area contributed by atoms with Crippen molar-refractivity contribution in [2.75, 3.05) is 6.54 Å². The van der Waals surface area contributed by atoms with Crippen LogP contribution in [-0.2, 0) is 16.0 Å². The van der Waals surface area contributed by atoms with E-state index in [9.17, 15) is 14.7 Å². The Bertz CT molecular complexity index is 670. The molecule has 2 atom stereocenters. The first-order chi connectivity index (χ1) is 13.5. The second-order valence-electron chi connectivity index (χ2n) is 7.58. The first-order valence-corrected chi connectivity index (χ1v) is 10.5. The van der Waals surface area contributed by atoms with Crippen LogP contribution < -0.4 is 0 Å². The minimum atomic E-state index is -0.751. The number of unbranched alkanes of at least 4 members (excludes halogenated alkanes) is 3. The molecule has 5 nitrogen and oxygen atoms in total. The van der Waals surface area contributed by atoms with Gasteiger partial charge in [0.05, 0.1) is 12.1 Å². The molecule has 0 saturated carbocycles. The van der Waals surface area contributed by atoms with Crippen LogP contribution in [0.4, 0.5) is 0 Å². The maximum absolute atomic E-state index is 12.2. The van der Waals surface area contributed by atoms with E-state index in [4.69, 9.17) is 5.11 Å². The Balaban J connectivity index is 1.84. The lowest BCUT2D eigenvalue weighted by atomic mass is 10.0. The number of carboxylic acids is 1. The van der Waals surface area contributed by atoms with Crippen LogP contribution in [0.5, 0.6) is 0 Å². The predicted octanol–water partition coefficient (Wildman–Crippen LogP) is 4.25. The minimum absolute atomic E-state index is 0.0417. The number of aliphatic carboxylic acids is 1. The summed E-state index contributed by atoms with van der Waals surface area (Å²) in [5.74, 6) is -0.585. The topological polar surface area (TPSA) is 77.8 Å². The maximum Gasteiger partial charge on any atom is 0.303 e. The number of carbonyl (C=O) groups is 2. The second kappa shape index (κ2) is 11.6. The average molecular weight is 388 g/mol. The molecular formula is C23H33NO4. The first-order valence-electron chi connectivity index (χ1n) is 10.5. The molecule has 1 fully saturated rings. The van der Waals surface area contributed by atoms with Gasteiger partial charge in [0.25, 0.3) is 0 Å². The Morgan fingerprint density at radius 2 is 2.07 bits per heavy atom. The van der Waals surface area contributed by atoms with Crippen molar-refractivity contribution in [1.82, 2.24) is 4.90 Å². The molecular weight excluding hydrogens is 354 g/mol. The molecule has 1 amide bonds. The quantitative estimate of drug-likeness (QED) is 0.415. The summed E-state index contributed by atoms with van der Waals surface area (Å²) in [7, 11) is 0. The van der Waals surface area contributed by atoms with E-state index in [-0.39, 0.29) is 18.4 Å². The Kier molecular flexibility index (Phi) is 9.21. The smallest absolute Gasteiger partial charge is 0.303 e. The maximum atomic E-state index is 12.2. The van der Waals surface area contributed by atoms with E-state index in [2.05, 4.69) is 13.0 Å². The van der Waals surface area contributed by atoms with Crippen molar-refractivity contribution < 1.29 is 19.8 Å². The van der Waals surface area contributed by atoms with Crippen molar-refractivity contribution >= 4 is 11.9 Å². The van der Waals surface area contributed by atoms with Gasteiger partial charge in [0.1, 0.15) is 0 Å². The summed E-state index contributed by atoms with van der Waals surface area (Å²) in [5.41, 5.74) is 2.12. The monoisotopic (exact) mass is 387 g/mol. The van der Waals surface area contributed by atoms with Crippen LogP contribution in [0.2, 0.25) is 0 Å². The summed E-state index contributed by atoms with van der Waals surface area (Å²) in [5, 5.41) is 19.2. The van der Waals surface area contributed by atoms with Crippen LogP contribution in [0.15, 0.2) is 36.4 Å².